The van der Waals surface area contributed by atoms with Gasteiger partial charge in [0.25, 0.3) is 11.5 Å². The van der Waals surface area contributed by atoms with Crippen LogP contribution in [0.15, 0.2) is 53.3 Å². The van der Waals surface area contributed by atoms with Crippen molar-refractivity contribution in [3.8, 4) is 11.8 Å². The number of nitrogens with one attached hydrogen (secondary N) is 2. The van der Waals surface area contributed by atoms with Crippen LogP contribution in [-0.4, -0.2) is 51.9 Å². The van der Waals surface area contributed by atoms with Crippen LogP contribution in [-0.2, 0) is 4.79 Å². The average Bonchev–Trinajstić information content (AvgIpc) is 2.86. The van der Waals surface area contributed by atoms with Gasteiger partial charge in [0.15, 0.2) is 5.69 Å². The van der Waals surface area contributed by atoms with Crippen LogP contribution >= 0.6 is 0 Å². The molecule has 0 saturated carbocycles. The Hall–Kier alpha value is -4.19. The number of hydrogen-bond donors (Lipinski definition) is 2. The zero-order valence-corrected chi connectivity index (χ0v) is 20.6. The lowest BCUT2D eigenvalue weighted by molar-refractivity contribution is -0.137. The van der Waals surface area contributed by atoms with Gasteiger partial charge in [0.05, 0.1) is 22.7 Å². The van der Waals surface area contributed by atoms with Crippen LogP contribution in [0.4, 0.5) is 0 Å². The zero-order chi connectivity index (χ0) is 25.9. The number of nitrogens with zero attached hydrogens (tertiary/aromatic N) is 3. The van der Waals surface area contributed by atoms with E-state index in [0.29, 0.717) is 48.3 Å². The number of fused-ring (bicyclic) bond motifs is 1. The van der Waals surface area contributed by atoms with E-state index in [4.69, 9.17) is 10.00 Å². The van der Waals surface area contributed by atoms with Crippen molar-refractivity contribution < 1.29 is 14.3 Å². The fourth-order valence-electron chi connectivity index (χ4n) is 4.21. The summed E-state index contributed by atoms with van der Waals surface area (Å²) in [6, 6.07) is 15.2. The number of ether oxygens (including phenoxy) is 1. The van der Waals surface area contributed by atoms with Crippen LogP contribution in [0.2, 0.25) is 0 Å². The van der Waals surface area contributed by atoms with E-state index in [1.807, 2.05) is 20.8 Å². The number of benzene rings is 2. The third kappa shape index (κ3) is 5.54. The van der Waals surface area contributed by atoms with E-state index in [0.717, 1.165) is 0 Å². The fraction of sp³-hybridized carbons (Fsp3) is 0.370. The van der Waals surface area contributed by atoms with Gasteiger partial charge in [0, 0.05) is 25.9 Å². The number of amides is 2. The van der Waals surface area contributed by atoms with Gasteiger partial charge in [-0.25, -0.2) is 4.98 Å². The normalized spacial score (nSPS) is 15.2. The SMILES string of the molecule is CC(C)(C)[C@H](NC(=O)c1nc2ccccc2[nH]c1=O)C(=O)N1CCC(Oc2ccc(C#N)cc2)CC1. The smallest absolute Gasteiger partial charge is 0.280 e. The predicted molar refractivity (Wildman–Crippen MR) is 134 cm³/mol. The summed E-state index contributed by atoms with van der Waals surface area (Å²) in [5, 5.41) is 11.7. The van der Waals surface area contributed by atoms with Crippen LogP contribution in [0.25, 0.3) is 11.0 Å². The van der Waals surface area contributed by atoms with E-state index in [9.17, 15) is 14.4 Å². The minimum absolute atomic E-state index is 0.0509. The van der Waals surface area contributed by atoms with Gasteiger partial charge >= 0.3 is 0 Å². The zero-order valence-electron chi connectivity index (χ0n) is 20.6. The molecule has 1 aliphatic rings. The van der Waals surface area contributed by atoms with Gasteiger partial charge in [-0.05, 0) is 41.8 Å². The highest BCUT2D eigenvalue weighted by Crippen LogP contribution is 2.25. The second kappa shape index (κ2) is 10.2. The maximum Gasteiger partial charge on any atom is 0.280 e. The largest absolute Gasteiger partial charge is 0.490 e. The predicted octanol–water partition coefficient (Wildman–Crippen LogP) is 3.01. The third-order valence-electron chi connectivity index (χ3n) is 6.24. The molecule has 1 fully saturated rings. The molecule has 2 N–H and O–H groups in total. The third-order valence-corrected chi connectivity index (χ3v) is 6.24. The maximum atomic E-state index is 13.5. The molecule has 186 valence electrons. The number of para-hydroxylation sites is 2. The van der Waals surface area contributed by atoms with Crippen LogP contribution in [0.5, 0.6) is 5.75 Å². The quantitative estimate of drug-likeness (QED) is 0.569. The van der Waals surface area contributed by atoms with Crippen molar-refractivity contribution in [2.75, 3.05) is 13.1 Å². The monoisotopic (exact) mass is 487 g/mol. The van der Waals surface area contributed by atoms with E-state index in [1.165, 1.54) is 0 Å². The minimum Gasteiger partial charge on any atom is -0.490 e. The summed E-state index contributed by atoms with van der Waals surface area (Å²) in [5.41, 5.74) is 0.127. The van der Waals surface area contributed by atoms with Gasteiger partial charge in [0.2, 0.25) is 5.91 Å². The number of likely N-dealkylation sites (tertiary alicyclic amines) is 1. The van der Waals surface area contributed by atoms with E-state index in [2.05, 4.69) is 21.4 Å². The molecule has 0 radical (unpaired) electrons. The Morgan fingerprint density at radius 3 is 2.44 bits per heavy atom. The number of aromatic amines is 1. The molecular weight excluding hydrogens is 458 g/mol. The number of nitriles is 1. The number of H-pyrrole nitrogens is 1. The molecule has 9 heteroatoms. The lowest BCUT2D eigenvalue weighted by atomic mass is 9.85. The van der Waals surface area contributed by atoms with Gasteiger partial charge in [0.1, 0.15) is 17.9 Å². The van der Waals surface area contributed by atoms with Crippen LogP contribution < -0.4 is 15.6 Å². The highest BCUT2D eigenvalue weighted by Gasteiger charge is 2.38. The first kappa shape index (κ1) is 24.9. The van der Waals surface area contributed by atoms with Gasteiger partial charge in [-0.15, -0.1) is 0 Å². The van der Waals surface area contributed by atoms with Crippen LogP contribution in [0.1, 0.15) is 49.7 Å². The Morgan fingerprint density at radius 1 is 1.14 bits per heavy atom. The lowest BCUT2D eigenvalue weighted by Crippen LogP contribution is -2.57. The van der Waals surface area contributed by atoms with Crippen molar-refractivity contribution in [1.29, 1.82) is 5.26 Å². The standard InChI is InChI=1S/C27H29N5O4/c1-27(2,3)23(31-25(34)22-24(33)30-21-7-5-4-6-20(21)29-22)26(35)32-14-12-19(13-15-32)36-18-10-8-17(16-28)9-11-18/h4-11,19,23H,12-15H2,1-3H3,(H,30,33)(H,31,34)/t23-/m1/s1. The van der Waals surface area contributed by atoms with Crippen molar-refractivity contribution in [2.24, 2.45) is 5.41 Å². The average molecular weight is 488 g/mol. The molecule has 0 unspecified atom stereocenters. The van der Waals surface area contributed by atoms with Crippen LogP contribution in [0, 0.1) is 16.7 Å². The molecule has 1 aliphatic heterocycles. The maximum absolute atomic E-state index is 13.5. The highest BCUT2D eigenvalue weighted by molar-refractivity contribution is 5.97. The van der Waals surface area contributed by atoms with Crippen molar-refractivity contribution in [2.45, 2.75) is 45.8 Å². The molecule has 9 nitrogen and oxygen atoms in total. The summed E-state index contributed by atoms with van der Waals surface area (Å²) in [5.74, 6) is -0.203. The van der Waals surface area contributed by atoms with E-state index >= 15 is 0 Å². The summed E-state index contributed by atoms with van der Waals surface area (Å²) < 4.78 is 6.02. The number of piperidine rings is 1. The molecule has 0 bridgehead atoms. The minimum atomic E-state index is -0.839. The Bertz CT molecular complexity index is 1360. The van der Waals surface area contributed by atoms with Gasteiger partial charge < -0.3 is 19.9 Å². The Balaban J connectivity index is 1.43. The first-order chi connectivity index (χ1) is 17.2. The van der Waals surface area contributed by atoms with Crippen molar-refractivity contribution >= 4 is 22.8 Å². The van der Waals surface area contributed by atoms with Gasteiger partial charge in [-0.3, -0.25) is 14.4 Å². The first-order valence-electron chi connectivity index (χ1n) is 11.9. The van der Waals surface area contributed by atoms with Crippen molar-refractivity contribution in [3.05, 3.63) is 70.1 Å². The highest BCUT2D eigenvalue weighted by atomic mass is 16.5. The first-order valence-corrected chi connectivity index (χ1v) is 11.9. The molecule has 1 atom stereocenters. The number of carbonyl (C=O) groups excluding carboxylic acids is 2. The molecule has 0 aliphatic carbocycles. The Morgan fingerprint density at radius 2 is 1.81 bits per heavy atom. The number of rotatable bonds is 5. The summed E-state index contributed by atoms with van der Waals surface area (Å²) in [6.07, 6.45) is 1.23. The summed E-state index contributed by atoms with van der Waals surface area (Å²) in [7, 11) is 0. The molecule has 1 saturated heterocycles. The molecule has 36 heavy (non-hydrogen) atoms. The second-order valence-electron chi connectivity index (χ2n) is 9.98. The van der Waals surface area contributed by atoms with E-state index < -0.39 is 22.9 Å². The molecule has 1 aromatic heterocycles. The Kier molecular flexibility index (Phi) is 7.06. The molecule has 2 amide bonds. The molecule has 0 spiro atoms. The van der Waals surface area contributed by atoms with Gasteiger partial charge in [-0.1, -0.05) is 32.9 Å². The molecular formula is C27H29N5O4. The van der Waals surface area contributed by atoms with Crippen molar-refractivity contribution in [1.82, 2.24) is 20.2 Å². The lowest BCUT2D eigenvalue weighted by Gasteiger charge is -2.38. The Labute approximate surface area is 209 Å². The van der Waals surface area contributed by atoms with E-state index in [1.54, 1.807) is 53.4 Å². The van der Waals surface area contributed by atoms with Gasteiger partial charge in [-0.2, -0.15) is 5.26 Å². The number of hydrogen-bond acceptors (Lipinski definition) is 6. The second-order valence-corrected chi connectivity index (χ2v) is 9.98. The molecule has 2 aromatic carbocycles. The summed E-state index contributed by atoms with van der Waals surface area (Å²) >= 11 is 0. The topological polar surface area (TPSA) is 128 Å². The summed E-state index contributed by atoms with van der Waals surface area (Å²) in [4.78, 5) is 47.7. The molecule has 2 heterocycles. The molecule has 3 aromatic rings. The number of carbonyl (C=O) groups is 2. The molecule has 4 rings (SSSR count). The summed E-state index contributed by atoms with van der Waals surface area (Å²) in [6.45, 7) is 6.58. The van der Waals surface area contributed by atoms with Crippen molar-refractivity contribution in [3.63, 3.8) is 0 Å². The number of aromatic nitrogens is 2. The fourth-order valence-corrected chi connectivity index (χ4v) is 4.21. The van der Waals surface area contributed by atoms with E-state index in [-0.39, 0.29) is 17.7 Å². The van der Waals surface area contributed by atoms with Crippen LogP contribution in [0.3, 0.4) is 0 Å².